The van der Waals surface area contributed by atoms with Crippen molar-refractivity contribution in [1.82, 2.24) is 14.3 Å². The van der Waals surface area contributed by atoms with Crippen LogP contribution < -0.4 is 10.5 Å². The number of nitrogens with two attached hydrogens (primary N) is 1. The Balaban J connectivity index is 1.57. The Morgan fingerprint density at radius 3 is 2.87 bits per heavy atom. The van der Waals surface area contributed by atoms with Gasteiger partial charge in [0.15, 0.2) is 5.60 Å². The summed E-state index contributed by atoms with van der Waals surface area (Å²) < 4.78 is 6.97. The van der Waals surface area contributed by atoms with E-state index in [1.165, 1.54) is 0 Å². The van der Waals surface area contributed by atoms with Crippen molar-refractivity contribution < 1.29 is 14.6 Å². The van der Waals surface area contributed by atoms with Crippen LogP contribution in [0.15, 0.2) is 54.9 Å². The number of piperidine rings is 1. The third kappa shape index (κ3) is 2.87. The molecule has 1 saturated heterocycles. The van der Waals surface area contributed by atoms with Crippen LogP contribution in [0.2, 0.25) is 0 Å². The molecule has 31 heavy (non-hydrogen) atoms. The van der Waals surface area contributed by atoms with Gasteiger partial charge in [0.05, 0.1) is 24.0 Å². The van der Waals surface area contributed by atoms with Gasteiger partial charge in [0.25, 0.3) is 5.91 Å². The number of imidazole rings is 1. The van der Waals surface area contributed by atoms with Crippen molar-refractivity contribution in [3.63, 3.8) is 0 Å². The number of ether oxygens (including phenoxy) is 1. The Morgan fingerprint density at radius 1 is 1.39 bits per heavy atom. The monoisotopic (exact) mass is 414 g/mol. The zero-order chi connectivity index (χ0) is 21.9. The van der Waals surface area contributed by atoms with Gasteiger partial charge in [-0.05, 0) is 24.6 Å². The second-order valence-electron chi connectivity index (χ2n) is 8.03. The number of nitrogens with zero attached hydrogens (tertiary/aromatic N) is 3. The number of hydrogen-bond donors (Lipinski definition) is 2. The number of fused-ring (bicyclic) bond motifs is 2. The second kappa shape index (κ2) is 6.62. The number of amides is 1. The molecule has 3 aromatic rings. The fourth-order valence-corrected chi connectivity index (χ4v) is 4.40. The first-order chi connectivity index (χ1) is 14.8. The SMILES string of the molecule is C=C1N(C)[C@@H]2C[C@@H]2[C@@]1(O)C#Cc1cccc(-c2nc(C(N)=O)n3ccc(OC)cc23)c1. The standard InChI is InChI=1S/C24H22N4O3/c1-14-24(30,18-13-19(18)27(14)2)9-7-15-5-4-6-16(11-15)21-20-12-17(31-3)8-10-28(20)23(26-21)22(25)29/h4-6,8,10-12,18-19,30H,1,13H2,2-3H3,(H2,25,29)/t18-,19+,24+/m0/s1. The molecule has 5 rings (SSSR count). The summed E-state index contributed by atoms with van der Waals surface area (Å²) in [6, 6.07) is 11.4. The van der Waals surface area contributed by atoms with Crippen LogP contribution in [0.25, 0.3) is 16.8 Å². The number of methoxy groups -OCH3 is 1. The van der Waals surface area contributed by atoms with Crippen LogP contribution in [-0.4, -0.2) is 51.1 Å². The number of rotatable bonds is 3. The maximum Gasteiger partial charge on any atom is 0.285 e. The van der Waals surface area contributed by atoms with Gasteiger partial charge in [0.2, 0.25) is 5.82 Å². The lowest BCUT2D eigenvalue weighted by molar-refractivity contribution is 0.0990. The molecular weight excluding hydrogens is 392 g/mol. The van der Waals surface area contributed by atoms with Crippen LogP contribution in [0.4, 0.5) is 0 Å². The molecule has 0 spiro atoms. The van der Waals surface area contributed by atoms with Crippen molar-refractivity contribution in [2.75, 3.05) is 14.2 Å². The number of hydrogen-bond acceptors (Lipinski definition) is 5. The van der Waals surface area contributed by atoms with Crippen molar-refractivity contribution >= 4 is 11.4 Å². The maximum atomic E-state index is 11.9. The number of carbonyl (C=O) groups excluding carboxylic acids is 1. The lowest BCUT2D eigenvalue weighted by Gasteiger charge is -2.24. The number of aromatic nitrogens is 2. The molecule has 2 aromatic heterocycles. The second-order valence-corrected chi connectivity index (χ2v) is 8.03. The van der Waals surface area contributed by atoms with Crippen LogP contribution in [0.3, 0.4) is 0 Å². The Labute approximate surface area is 179 Å². The van der Waals surface area contributed by atoms with E-state index in [1.54, 1.807) is 29.8 Å². The maximum absolute atomic E-state index is 11.9. The minimum Gasteiger partial charge on any atom is -0.497 e. The summed E-state index contributed by atoms with van der Waals surface area (Å²) in [6.07, 6.45) is 2.64. The van der Waals surface area contributed by atoms with Gasteiger partial charge in [-0.2, -0.15) is 0 Å². The highest BCUT2D eigenvalue weighted by Crippen LogP contribution is 2.54. The zero-order valence-corrected chi connectivity index (χ0v) is 17.3. The predicted molar refractivity (Wildman–Crippen MR) is 116 cm³/mol. The first-order valence-electron chi connectivity index (χ1n) is 9.97. The Morgan fingerprint density at radius 2 is 2.19 bits per heavy atom. The number of likely N-dealkylation sites (N-methyl/N-ethyl adjacent to an activating group) is 1. The van der Waals surface area contributed by atoms with E-state index in [4.69, 9.17) is 10.5 Å². The molecule has 7 nitrogen and oxygen atoms in total. The van der Waals surface area contributed by atoms with Gasteiger partial charge in [-0.25, -0.2) is 4.98 Å². The van der Waals surface area contributed by atoms with E-state index in [1.807, 2.05) is 36.2 Å². The van der Waals surface area contributed by atoms with Gasteiger partial charge in [0, 0.05) is 42.4 Å². The lowest BCUT2D eigenvalue weighted by Crippen LogP contribution is -2.32. The van der Waals surface area contributed by atoms with E-state index in [0.29, 0.717) is 28.7 Å². The predicted octanol–water partition coefficient (Wildman–Crippen LogP) is 2.04. The summed E-state index contributed by atoms with van der Waals surface area (Å²) in [5, 5.41) is 11.1. The van der Waals surface area contributed by atoms with Crippen molar-refractivity contribution in [2.24, 2.45) is 11.7 Å². The molecule has 1 saturated carbocycles. The van der Waals surface area contributed by atoms with E-state index < -0.39 is 11.5 Å². The quantitative estimate of drug-likeness (QED) is 0.640. The smallest absolute Gasteiger partial charge is 0.285 e. The molecule has 1 aliphatic carbocycles. The van der Waals surface area contributed by atoms with Gasteiger partial charge >= 0.3 is 0 Å². The largest absolute Gasteiger partial charge is 0.497 e. The molecule has 3 N–H and O–H groups in total. The first kappa shape index (κ1) is 19.2. The third-order valence-corrected chi connectivity index (χ3v) is 6.26. The molecule has 2 fully saturated rings. The van der Waals surface area contributed by atoms with Gasteiger partial charge < -0.3 is 20.5 Å². The average molecular weight is 414 g/mol. The number of aliphatic hydroxyl groups is 1. The average Bonchev–Trinajstić information content (AvgIpc) is 3.46. The highest BCUT2D eigenvalue weighted by Gasteiger charge is 2.62. The van der Waals surface area contributed by atoms with Crippen molar-refractivity contribution in [3.8, 4) is 28.8 Å². The normalized spacial score (nSPS) is 24.0. The van der Waals surface area contributed by atoms with Gasteiger partial charge in [-0.1, -0.05) is 30.6 Å². The Kier molecular flexibility index (Phi) is 4.11. The molecule has 0 unspecified atom stereocenters. The van der Waals surface area contributed by atoms with Crippen LogP contribution in [0.5, 0.6) is 5.75 Å². The third-order valence-electron chi connectivity index (χ3n) is 6.26. The molecule has 1 aromatic carbocycles. The van der Waals surface area contributed by atoms with Crippen LogP contribution in [0.1, 0.15) is 22.6 Å². The van der Waals surface area contributed by atoms with Gasteiger partial charge in [0.1, 0.15) is 5.75 Å². The number of pyridine rings is 1. The molecule has 7 heteroatoms. The minimum absolute atomic E-state index is 0.114. The Bertz CT molecular complexity index is 1320. The van der Waals surface area contributed by atoms with E-state index in [-0.39, 0.29) is 11.7 Å². The number of carbonyl (C=O) groups is 1. The molecule has 3 atom stereocenters. The number of benzene rings is 1. The summed E-state index contributed by atoms with van der Waals surface area (Å²) in [6.45, 7) is 4.02. The van der Waals surface area contributed by atoms with E-state index in [2.05, 4.69) is 23.4 Å². The van der Waals surface area contributed by atoms with Crippen molar-refractivity contribution in [1.29, 1.82) is 0 Å². The molecular formula is C24H22N4O3. The zero-order valence-electron chi connectivity index (χ0n) is 17.3. The highest BCUT2D eigenvalue weighted by molar-refractivity contribution is 5.93. The molecule has 1 aliphatic heterocycles. The molecule has 1 amide bonds. The number of likely N-dealkylation sites (tertiary alicyclic amines) is 1. The summed E-state index contributed by atoms with van der Waals surface area (Å²) in [7, 11) is 3.53. The Hall–Kier alpha value is -3.76. The van der Waals surface area contributed by atoms with Crippen molar-refractivity contribution in [2.45, 2.75) is 18.1 Å². The van der Waals surface area contributed by atoms with Gasteiger partial charge in [-0.15, -0.1) is 0 Å². The van der Waals surface area contributed by atoms with Crippen molar-refractivity contribution in [3.05, 3.63) is 66.3 Å². The minimum atomic E-state index is -1.19. The first-order valence-corrected chi connectivity index (χ1v) is 9.97. The molecule has 0 radical (unpaired) electrons. The van der Waals surface area contributed by atoms with Crippen LogP contribution in [0, 0.1) is 17.8 Å². The fraction of sp³-hybridized carbons (Fsp3) is 0.250. The van der Waals surface area contributed by atoms with E-state index >= 15 is 0 Å². The summed E-state index contributed by atoms with van der Waals surface area (Å²) >= 11 is 0. The fourth-order valence-electron chi connectivity index (χ4n) is 4.40. The number of primary amides is 1. The summed E-state index contributed by atoms with van der Waals surface area (Å²) in [5.74, 6) is 6.44. The lowest BCUT2D eigenvalue weighted by atomic mass is 9.96. The summed E-state index contributed by atoms with van der Waals surface area (Å²) in [4.78, 5) is 18.4. The molecule has 156 valence electrons. The van der Waals surface area contributed by atoms with Gasteiger partial charge in [-0.3, -0.25) is 9.20 Å². The highest BCUT2D eigenvalue weighted by atomic mass is 16.5. The molecule has 0 bridgehead atoms. The topological polar surface area (TPSA) is 93.1 Å². The van der Waals surface area contributed by atoms with E-state index in [0.717, 1.165) is 17.5 Å². The van der Waals surface area contributed by atoms with E-state index in [9.17, 15) is 9.90 Å². The van der Waals surface area contributed by atoms with Crippen LogP contribution >= 0.6 is 0 Å². The summed E-state index contributed by atoms with van der Waals surface area (Å²) in [5.41, 5.74) is 7.80. The van der Waals surface area contributed by atoms with Crippen LogP contribution in [-0.2, 0) is 0 Å². The molecule has 2 aliphatic rings. The molecule has 3 heterocycles.